The molecule has 1 saturated heterocycles. The van der Waals surface area contributed by atoms with Crippen molar-refractivity contribution in [2.45, 2.75) is 39.7 Å². The second-order valence-corrected chi connectivity index (χ2v) is 5.48. The molecule has 0 aromatic heterocycles. The molecule has 0 saturated carbocycles. The van der Waals surface area contributed by atoms with Gasteiger partial charge < -0.3 is 15.4 Å². The lowest BCUT2D eigenvalue weighted by molar-refractivity contribution is -0.144. The lowest BCUT2D eigenvalue weighted by Gasteiger charge is -2.36. The molecule has 1 aliphatic rings. The number of carbonyl (C=O) groups excluding carboxylic acids is 1. The number of esters is 1. The predicted molar refractivity (Wildman–Crippen MR) is 68.6 cm³/mol. The fourth-order valence-corrected chi connectivity index (χ4v) is 2.62. The van der Waals surface area contributed by atoms with Crippen molar-refractivity contribution in [3.63, 3.8) is 0 Å². The van der Waals surface area contributed by atoms with Gasteiger partial charge in [-0.15, -0.1) is 0 Å². The zero-order chi connectivity index (χ0) is 12.8. The molecule has 2 atom stereocenters. The maximum absolute atomic E-state index is 11.5. The van der Waals surface area contributed by atoms with Gasteiger partial charge in [-0.2, -0.15) is 0 Å². The first-order chi connectivity index (χ1) is 8.01. The summed E-state index contributed by atoms with van der Waals surface area (Å²) >= 11 is 0. The van der Waals surface area contributed by atoms with Gasteiger partial charge in [-0.1, -0.05) is 13.8 Å². The number of ether oxygens (including phenoxy) is 1. The number of carbonyl (C=O) groups is 1. The van der Waals surface area contributed by atoms with E-state index in [2.05, 4.69) is 18.7 Å². The van der Waals surface area contributed by atoms with Gasteiger partial charge >= 0.3 is 5.97 Å². The van der Waals surface area contributed by atoms with E-state index in [4.69, 9.17) is 10.5 Å². The zero-order valence-corrected chi connectivity index (χ0v) is 11.3. The summed E-state index contributed by atoms with van der Waals surface area (Å²) in [6, 6.07) is 0.196. The molecule has 4 heteroatoms. The Labute approximate surface area is 104 Å². The smallest absolute Gasteiger partial charge is 0.306 e. The predicted octanol–water partition coefficient (Wildman–Crippen LogP) is 1.24. The van der Waals surface area contributed by atoms with Gasteiger partial charge in [0.2, 0.25) is 0 Å². The second-order valence-electron chi connectivity index (χ2n) is 5.48. The van der Waals surface area contributed by atoms with Gasteiger partial charge in [0.1, 0.15) is 0 Å². The van der Waals surface area contributed by atoms with E-state index in [0.717, 1.165) is 26.1 Å². The minimum absolute atomic E-state index is 0.0869. The topological polar surface area (TPSA) is 55.6 Å². The van der Waals surface area contributed by atoms with Crippen molar-refractivity contribution in [3.8, 4) is 0 Å². The molecule has 17 heavy (non-hydrogen) atoms. The number of nitrogens with two attached hydrogens (primary N) is 1. The standard InChI is InChI=1S/C13H26N2O2/c1-4-17-13(16)6-11-5-12(14)9-15(8-11)7-10(2)3/h10-12H,4-9,14H2,1-3H3. The monoisotopic (exact) mass is 242 g/mol. The Morgan fingerprint density at radius 1 is 1.47 bits per heavy atom. The highest BCUT2D eigenvalue weighted by Gasteiger charge is 2.27. The lowest BCUT2D eigenvalue weighted by Crippen LogP contribution is -2.48. The highest BCUT2D eigenvalue weighted by Crippen LogP contribution is 2.20. The van der Waals surface area contributed by atoms with Crippen LogP contribution in [0.4, 0.5) is 0 Å². The first kappa shape index (κ1) is 14.5. The van der Waals surface area contributed by atoms with Crippen molar-refractivity contribution in [2.24, 2.45) is 17.6 Å². The molecule has 0 radical (unpaired) electrons. The number of piperidine rings is 1. The van der Waals surface area contributed by atoms with Crippen LogP contribution in [0.2, 0.25) is 0 Å². The fraction of sp³-hybridized carbons (Fsp3) is 0.923. The van der Waals surface area contributed by atoms with Crippen LogP contribution in [0.15, 0.2) is 0 Å². The summed E-state index contributed by atoms with van der Waals surface area (Å²) in [5, 5.41) is 0. The Bertz CT molecular complexity index is 242. The molecule has 0 bridgehead atoms. The van der Waals surface area contributed by atoms with Gasteiger partial charge in [0.05, 0.1) is 6.61 Å². The Kier molecular flexibility index (Phi) is 5.92. The Morgan fingerprint density at radius 3 is 2.76 bits per heavy atom. The molecular weight excluding hydrogens is 216 g/mol. The molecule has 2 unspecified atom stereocenters. The maximum atomic E-state index is 11.5. The second kappa shape index (κ2) is 6.97. The summed E-state index contributed by atoms with van der Waals surface area (Å²) in [5.41, 5.74) is 6.05. The highest BCUT2D eigenvalue weighted by atomic mass is 16.5. The largest absolute Gasteiger partial charge is 0.466 e. The van der Waals surface area contributed by atoms with E-state index in [1.807, 2.05) is 6.92 Å². The molecule has 0 aromatic rings. The minimum Gasteiger partial charge on any atom is -0.466 e. The third-order valence-electron chi connectivity index (χ3n) is 3.03. The molecule has 1 rings (SSSR count). The normalized spacial score (nSPS) is 26.2. The van der Waals surface area contributed by atoms with Gasteiger partial charge in [0, 0.05) is 32.1 Å². The summed E-state index contributed by atoms with van der Waals surface area (Å²) in [6.45, 7) is 9.72. The van der Waals surface area contributed by atoms with Crippen LogP contribution in [-0.2, 0) is 9.53 Å². The molecule has 1 heterocycles. The zero-order valence-electron chi connectivity index (χ0n) is 11.3. The van der Waals surface area contributed by atoms with Crippen molar-refractivity contribution >= 4 is 5.97 Å². The van der Waals surface area contributed by atoms with Gasteiger partial charge in [-0.3, -0.25) is 4.79 Å². The van der Waals surface area contributed by atoms with Gasteiger partial charge in [-0.05, 0) is 25.2 Å². The van der Waals surface area contributed by atoms with Crippen LogP contribution in [0, 0.1) is 11.8 Å². The average molecular weight is 242 g/mol. The quantitative estimate of drug-likeness (QED) is 0.737. The van der Waals surface area contributed by atoms with Crippen molar-refractivity contribution in [1.29, 1.82) is 0 Å². The van der Waals surface area contributed by atoms with Gasteiger partial charge in [-0.25, -0.2) is 0 Å². The van der Waals surface area contributed by atoms with Crippen LogP contribution >= 0.6 is 0 Å². The van der Waals surface area contributed by atoms with E-state index in [0.29, 0.717) is 24.9 Å². The maximum Gasteiger partial charge on any atom is 0.306 e. The Morgan fingerprint density at radius 2 is 2.18 bits per heavy atom. The van der Waals surface area contributed by atoms with Crippen LogP contribution < -0.4 is 5.73 Å². The third kappa shape index (κ3) is 5.50. The first-order valence-corrected chi connectivity index (χ1v) is 6.64. The molecule has 2 N–H and O–H groups in total. The van der Waals surface area contributed by atoms with E-state index >= 15 is 0 Å². The summed E-state index contributed by atoms with van der Waals surface area (Å²) in [6.07, 6.45) is 1.45. The molecule has 1 fully saturated rings. The van der Waals surface area contributed by atoms with E-state index < -0.39 is 0 Å². The SMILES string of the molecule is CCOC(=O)CC1CC(N)CN(CC(C)C)C1. The third-order valence-corrected chi connectivity index (χ3v) is 3.03. The van der Waals surface area contributed by atoms with E-state index in [9.17, 15) is 4.79 Å². The van der Waals surface area contributed by atoms with Crippen LogP contribution in [0.3, 0.4) is 0 Å². The Balaban J connectivity index is 2.41. The number of hydrogen-bond donors (Lipinski definition) is 1. The fourth-order valence-electron chi connectivity index (χ4n) is 2.62. The lowest BCUT2D eigenvalue weighted by atomic mass is 9.91. The molecule has 0 amide bonds. The Hall–Kier alpha value is -0.610. The molecule has 1 aliphatic heterocycles. The van der Waals surface area contributed by atoms with Crippen molar-refractivity contribution in [1.82, 2.24) is 4.90 Å². The van der Waals surface area contributed by atoms with Gasteiger partial charge in [0.25, 0.3) is 0 Å². The summed E-state index contributed by atoms with van der Waals surface area (Å²) in [5.74, 6) is 0.913. The minimum atomic E-state index is -0.0869. The number of hydrogen-bond acceptors (Lipinski definition) is 4. The number of nitrogens with zero attached hydrogens (tertiary/aromatic N) is 1. The molecule has 0 aliphatic carbocycles. The van der Waals surface area contributed by atoms with Crippen LogP contribution in [0.25, 0.3) is 0 Å². The van der Waals surface area contributed by atoms with Crippen molar-refractivity contribution in [2.75, 3.05) is 26.2 Å². The highest BCUT2D eigenvalue weighted by molar-refractivity contribution is 5.69. The van der Waals surface area contributed by atoms with E-state index in [-0.39, 0.29) is 12.0 Å². The molecule has 4 nitrogen and oxygen atoms in total. The number of likely N-dealkylation sites (tertiary alicyclic amines) is 1. The van der Waals surface area contributed by atoms with Crippen LogP contribution in [0.1, 0.15) is 33.6 Å². The molecular formula is C13H26N2O2. The van der Waals surface area contributed by atoms with Crippen molar-refractivity contribution < 1.29 is 9.53 Å². The van der Waals surface area contributed by atoms with Gasteiger partial charge in [0.15, 0.2) is 0 Å². The van der Waals surface area contributed by atoms with Crippen LogP contribution in [-0.4, -0.2) is 43.2 Å². The van der Waals surface area contributed by atoms with Crippen LogP contribution in [0.5, 0.6) is 0 Å². The molecule has 0 aromatic carbocycles. The van der Waals surface area contributed by atoms with Crippen molar-refractivity contribution in [3.05, 3.63) is 0 Å². The molecule has 0 spiro atoms. The number of rotatable bonds is 5. The van der Waals surface area contributed by atoms with E-state index in [1.54, 1.807) is 0 Å². The van der Waals surface area contributed by atoms with E-state index in [1.165, 1.54) is 0 Å². The molecule has 100 valence electrons. The summed E-state index contributed by atoms with van der Waals surface area (Å²) in [4.78, 5) is 13.8. The summed E-state index contributed by atoms with van der Waals surface area (Å²) in [7, 11) is 0. The average Bonchev–Trinajstić information content (AvgIpc) is 2.14. The summed E-state index contributed by atoms with van der Waals surface area (Å²) < 4.78 is 5.00. The first-order valence-electron chi connectivity index (χ1n) is 6.64.